The summed E-state index contributed by atoms with van der Waals surface area (Å²) in [4.78, 5) is 25.8. The van der Waals surface area contributed by atoms with E-state index in [0.29, 0.717) is 0 Å². The van der Waals surface area contributed by atoms with Crippen molar-refractivity contribution in [2.45, 2.75) is 31.2 Å². The lowest BCUT2D eigenvalue weighted by Crippen LogP contribution is -2.38. The van der Waals surface area contributed by atoms with E-state index in [1.165, 1.54) is 5.56 Å². The Morgan fingerprint density at radius 1 is 1.10 bits per heavy atom. The van der Waals surface area contributed by atoms with Crippen molar-refractivity contribution in [3.8, 4) is 11.4 Å². The van der Waals surface area contributed by atoms with Gasteiger partial charge in [-0.05, 0) is 44.2 Å². The molecule has 2 aromatic carbocycles. The van der Waals surface area contributed by atoms with Gasteiger partial charge < -0.3 is 0 Å². The van der Waals surface area contributed by atoms with Gasteiger partial charge >= 0.3 is 0 Å². The van der Waals surface area contributed by atoms with Gasteiger partial charge in [0, 0.05) is 53.0 Å². The molecule has 0 amide bonds. The number of carbonyl (C=O) groups is 1. The second-order valence-corrected chi connectivity index (χ2v) is 8.72. The number of likely N-dealkylation sites (tertiary alicyclic amines) is 1. The fourth-order valence-electron chi connectivity index (χ4n) is 4.14. The minimum atomic E-state index is 0.0548. The van der Waals surface area contributed by atoms with Crippen LogP contribution in [0.4, 0.5) is 0 Å². The zero-order valence-corrected chi connectivity index (χ0v) is 18.4. The molecule has 1 aliphatic rings. The Balaban J connectivity index is 1.43. The quantitative estimate of drug-likeness (QED) is 0.404. The number of aromatic nitrogens is 2. The van der Waals surface area contributed by atoms with Crippen molar-refractivity contribution in [2.24, 2.45) is 5.92 Å². The fraction of sp³-hybridized carbons (Fsp3) is 0.320. The van der Waals surface area contributed by atoms with E-state index in [1.807, 2.05) is 55.0 Å². The molecule has 2 heterocycles. The second-order valence-electron chi connectivity index (χ2n) is 7.87. The van der Waals surface area contributed by atoms with Crippen molar-refractivity contribution in [1.82, 2.24) is 14.9 Å². The predicted molar refractivity (Wildman–Crippen MR) is 123 cm³/mol. The van der Waals surface area contributed by atoms with Crippen LogP contribution in [0.25, 0.3) is 11.4 Å². The third kappa shape index (κ3) is 4.63. The number of ketones is 1. The molecule has 1 aromatic heterocycles. The SMILES string of the molecule is CSc1ccccc1C(=O)[C@H]1CCCN(Cc2cnc(-c3ccccc3C)nc2)C1. The van der Waals surface area contributed by atoms with Gasteiger partial charge in [0.05, 0.1) is 0 Å². The third-order valence-corrected chi connectivity index (χ3v) is 6.54. The van der Waals surface area contributed by atoms with Crippen molar-refractivity contribution < 1.29 is 4.79 Å². The van der Waals surface area contributed by atoms with Crippen molar-refractivity contribution in [3.05, 3.63) is 77.6 Å². The van der Waals surface area contributed by atoms with Crippen LogP contribution in [0.15, 0.2) is 65.8 Å². The van der Waals surface area contributed by atoms with Gasteiger partial charge in [0.15, 0.2) is 11.6 Å². The molecule has 0 unspecified atom stereocenters. The van der Waals surface area contributed by atoms with E-state index in [0.717, 1.165) is 59.9 Å². The molecule has 1 aliphatic heterocycles. The Morgan fingerprint density at radius 3 is 2.60 bits per heavy atom. The summed E-state index contributed by atoms with van der Waals surface area (Å²) >= 11 is 1.64. The van der Waals surface area contributed by atoms with E-state index in [4.69, 9.17) is 0 Å². The van der Waals surface area contributed by atoms with E-state index in [1.54, 1.807) is 11.8 Å². The Kier molecular flexibility index (Phi) is 6.60. The number of Topliss-reactive ketones (excluding diaryl/α,β-unsaturated/α-hetero) is 1. The monoisotopic (exact) mass is 417 g/mol. The van der Waals surface area contributed by atoms with E-state index in [9.17, 15) is 4.79 Å². The van der Waals surface area contributed by atoms with Crippen LogP contribution in [0.3, 0.4) is 0 Å². The fourth-order valence-corrected chi connectivity index (χ4v) is 4.74. The molecule has 1 atom stereocenters. The first-order chi connectivity index (χ1) is 14.7. The molecule has 30 heavy (non-hydrogen) atoms. The summed E-state index contributed by atoms with van der Waals surface area (Å²) in [5.74, 6) is 1.09. The minimum absolute atomic E-state index is 0.0548. The number of rotatable bonds is 6. The maximum absolute atomic E-state index is 13.1. The standard InChI is InChI=1S/C25H27N3OS/c1-18-8-3-4-10-21(18)25-26-14-19(15-27-25)16-28-13-7-9-20(17-28)24(29)22-11-5-6-12-23(22)30-2/h3-6,8,10-12,14-15,20H,7,9,13,16-17H2,1-2H3/t20-/m0/s1. The molecule has 0 N–H and O–H groups in total. The number of thioether (sulfide) groups is 1. The molecule has 0 aliphatic carbocycles. The summed E-state index contributed by atoms with van der Waals surface area (Å²) in [6.07, 6.45) is 7.87. The molecular formula is C25H27N3OS. The highest BCUT2D eigenvalue weighted by Gasteiger charge is 2.27. The number of nitrogens with zero attached hydrogens (tertiary/aromatic N) is 3. The van der Waals surface area contributed by atoms with Crippen LogP contribution in [-0.4, -0.2) is 40.0 Å². The maximum Gasteiger partial charge on any atom is 0.168 e. The molecule has 4 rings (SSSR count). The average molecular weight is 418 g/mol. The lowest BCUT2D eigenvalue weighted by atomic mass is 9.90. The number of aryl methyl sites for hydroxylation is 1. The highest BCUT2D eigenvalue weighted by atomic mass is 32.2. The summed E-state index contributed by atoms with van der Waals surface area (Å²) in [5.41, 5.74) is 4.20. The molecule has 1 saturated heterocycles. The van der Waals surface area contributed by atoms with Crippen LogP contribution in [0.1, 0.15) is 34.3 Å². The number of benzene rings is 2. The Hall–Kier alpha value is -2.50. The Morgan fingerprint density at radius 2 is 1.83 bits per heavy atom. The van der Waals surface area contributed by atoms with Gasteiger partial charge in [0.25, 0.3) is 0 Å². The van der Waals surface area contributed by atoms with Gasteiger partial charge in [0.1, 0.15) is 0 Å². The first-order valence-corrected chi connectivity index (χ1v) is 11.6. The highest BCUT2D eigenvalue weighted by molar-refractivity contribution is 7.98. The van der Waals surface area contributed by atoms with Crippen molar-refractivity contribution in [3.63, 3.8) is 0 Å². The van der Waals surface area contributed by atoms with Gasteiger partial charge in [-0.1, -0.05) is 42.5 Å². The molecule has 5 heteroatoms. The number of carbonyl (C=O) groups excluding carboxylic acids is 1. The van der Waals surface area contributed by atoms with Crippen LogP contribution in [0.2, 0.25) is 0 Å². The van der Waals surface area contributed by atoms with E-state index in [-0.39, 0.29) is 11.7 Å². The lowest BCUT2D eigenvalue weighted by molar-refractivity contribution is 0.0808. The van der Waals surface area contributed by atoms with Crippen molar-refractivity contribution in [2.75, 3.05) is 19.3 Å². The van der Waals surface area contributed by atoms with Crippen LogP contribution in [-0.2, 0) is 6.54 Å². The normalized spacial score (nSPS) is 17.1. The van der Waals surface area contributed by atoms with Gasteiger partial charge in [0.2, 0.25) is 0 Å². The molecule has 0 saturated carbocycles. The largest absolute Gasteiger partial charge is 0.298 e. The summed E-state index contributed by atoms with van der Waals surface area (Å²) in [6.45, 7) is 4.66. The Bertz CT molecular complexity index is 1020. The molecule has 0 radical (unpaired) electrons. The zero-order valence-electron chi connectivity index (χ0n) is 17.5. The number of hydrogen-bond acceptors (Lipinski definition) is 5. The Labute approximate surface area is 182 Å². The molecule has 3 aromatic rings. The third-order valence-electron chi connectivity index (χ3n) is 5.75. The number of piperidine rings is 1. The van der Waals surface area contributed by atoms with Gasteiger partial charge in [-0.2, -0.15) is 0 Å². The van der Waals surface area contributed by atoms with Gasteiger partial charge in [-0.3, -0.25) is 9.69 Å². The maximum atomic E-state index is 13.1. The van der Waals surface area contributed by atoms with Crippen LogP contribution in [0.5, 0.6) is 0 Å². The molecule has 0 bridgehead atoms. The van der Waals surface area contributed by atoms with Gasteiger partial charge in [-0.25, -0.2) is 9.97 Å². The number of hydrogen-bond donors (Lipinski definition) is 0. The summed E-state index contributed by atoms with van der Waals surface area (Å²) in [5, 5.41) is 0. The average Bonchev–Trinajstić information content (AvgIpc) is 2.80. The highest BCUT2D eigenvalue weighted by Crippen LogP contribution is 2.27. The van der Waals surface area contributed by atoms with Crippen molar-refractivity contribution >= 4 is 17.5 Å². The first-order valence-electron chi connectivity index (χ1n) is 10.4. The van der Waals surface area contributed by atoms with Gasteiger partial charge in [-0.15, -0.1) is 11.8 Å². The molecule has 154 valence electrons. The summed E-state index contributed by atoms with van der Waals surface area (Å²) < 4.78 is 0. The topological polar surface area (TPSA) is 46.1 Å². The molecular weight excluding hydrogens is 390 g/mol. The summed E-state index contributed by atoms with van der Waals surface area (Å²) in [6, 6.07) is 16.1. The lowest BCUT2D eigenvalue weighted by Gasteiger charge is -2.32. The minimum Gasteiger partial charge on any atom is -0.298 e. The van der Waals surface area contributed by atoms with E-state index in [2.05, 4.69) is 33.9 Å². The molecule has 1 fully saturated rings. The van der Waals surface area contributed by atoms with Crippen LogP contribution >= 0.6 is 11.8 Å². The second kappa shape index (κ2) is 9.54. The zero-order chi connectivity index (χ0) is 20.9. The molecule has 4 nitrogen and oxygen atoms in total. The van der Waals surface area contributed by atoms with E-state index < -0.39 is 0 Å². The smallest absolute Gasteiger partial charge is 0.168 e. The van der Waals surface area contributed by atoms with Crippen LogP contribution in [0, 0.1) is 12.8 Å². The summed E-state index contributed by atoms with van der Waals surface area (Å²) in [7, 11) is 0. The first kappa shape index (κ1) is 20.8. The van der Waals surface area contributed by atoms with Crippen molar-refractivity contribution in [1.29, 1.82) is 0 Å². The van der Waals surface area contributed by atoms with Crippen LogP contribution < -0.4 is 0 Å². The predicted octanol–water partition coefficient (Wildman–Crippen LogP) is 5.27. The molecule has 0 spiro atoms. The van der Waals surface area contributed by atoms with E-state index >= 15 is 0 Å².